The number of amides is 1. The van der Waals surface area contributed by atoms with Gasteiger partial charge >= 0.3 is 0 Å². The lowest BCUT2D eigenvalue weighted by Gasteiger charge is -2.09. The molecule has 4 nitrogen and oxygen atoms in total. The normalized spacial score (nSPS) is 13.2. The summed E-state index contributed by atoms with van der Waals surface area (Å²) >= 11 is 3.30. The van der Waals surface area contributed by atoms with Gasteiger partial charge in [-0.25, -0.2) is 9.97 Å². The van der Waals surface area contributed by atoms with E-state index in [9.17, 15) is 4.79 Å². The zero-order valence-electron chi connectivity index (χ0n) is 15.2. The highest BCUT2D eigenvalue weighted by molar-refractivity contribution is 8.00. The van der Waals surface area contributed by atoms with Gasteiger partial charge in [0.1, 0.15) is 15.7 Å². The molecule has 0 fully saturated rings. The molecule has 2 aromatic heterocycles. The number of benzene rings is 1. The Labute approximate surface area is 161 Å². The molecule has 26 heavy (non-hydrogen) atoms. The third-order valence-corrected chi connectivity index (χ3v) is 6.80. The van der Waals surface area contributed by atoms with Crippen LogP contribution in [0.1, 0.15) is 33.8 Å². The molecular formula is C20H21N3OS2. The highest BCUT2D eigenvalue weighted by Crippen LogP contribution is 2.40. The zero-order chi connectivity index (χ0) is 18.3. The van der Waals surface area contributed by atoms with Crippen LogP contribution < -0.4 is 5.32 Å². The minimum absolute atomic E-state index is 0.00163. The van der Waals surface area contributed by atoms with E-state index < -0.39 is 0 Å². The second kappa shape index (κ2) is 7.00. The Morgan fingerprint density at radius 2 is 2.08 bits per heavy atom. The number of thioether (sulfide) groups is 1. The molecule has 3 aromatic rings. The van der Waals surface area contributed by atoms with Gasteiger partial charge in [-0.3, -0.25) is 4.79 Å². The molecule has 1 aromatic carbocycles. The zero-order valence-corrected chi connectivity index (χ0v) is 16.8. The number of hydrogen-bond acceptors (Lipinski definition) is 5. The van der Waals surface area contributed by atoms with Crippen molar-refractivity contribution in [2.24, 2.45) is 0 Å². The molecule has 0 saturated heterocycles. The van der Waals surface area contributed by atoms with Crippen LogP contribution in [0.2, 0.25) is 0 Å². The molecule has 134 valence electrons. The number of aromatic nitrogens is 2. The van der Waals surface area contributed by atoms with Gasteiger partial charge in [0.25, 0.3) is 0 Å². The van der Waals surface area contributed by atoms with Gasteiger partial charge in [-0.1, -0.05) is 29.5 Å². The second-order valence-electron chi connectivity index (χ2n) is 6.77. The lowest BCUT2D eigenvalue weighted by atomic mass is 10.1. The van der Waals surface area contributed by atoms with Crippen LogP contribution in [0.25, 0.3) is 10.2 Å². The first kappa shape index (κ1) is 17.5. The lowest BCUT2D eigenvalue weighted by molar-refractivity contribution is -0.113. The van der Waals surface area contributed by atoms with E-state index in [0.717, 1.165) is 39.8 Å². The Kier molecular flexibility index (Phi) is 4.71. The van der Waals surface area contributed by atoms with E-state index in [-0.39, 0.29) is 5.91 Å². The highest BCUT2D eigenvalue weighted by atomic mass is 32.2. The van der Waals surface area contributed by atoms with Gasteiger partial charge < -0.3 is 5.32 Å². The maximum absolute atomic E-state index is 12.4. The molecule has 1 aliphatic carbocycles. The van der Waals surface area contributed by atoms with Crippen LogP contribution in [0.5, 0.6) is 0 Å². The van der Waals surface area contributed by atoms with Gasteiger partial charge in [0.05, 0.1) is 5.75 Å². The first-order valence-corrected chi connectivity index (χ1v) is 10.6. The number of nitrogens with zero attached hydrogens (tertiary/aromatic N) is 2. The van der Waals surface area contributed by atoms with Crippen LogP contribution in [0.15, 0.2) is 23.2 Å². The smallest absolute Gasteiger partial charge is 0.234 e. The number of carbonyl (C=O) groups excluding carboxylic acids is 1. The average molecular weight is 384 g/mol. The monoisotopic (exact) mass is 383 g/mol. The van der Waals surface area contributed by atoms with Crippen molar-refractivity contribution < 1.29 is 4.79 Å². The van der Waals surface area contributed by atoms with Crippen LogP contribution in [-0.2, 0) is 17.6 Å². The summed E-state index contributed by atoms with van der Waals surface area (Å²) in [6.07, 6.45) is 3.46. The van der Waals surface area contributed by atoms with Gasteiger partial charge in [-0.15, -0.1) is 11.3 Å². The number of nitrogens with one attached hydrogen (secondary N) is 1. The van der Waals surface area contributed by atoms with E-state index in [2.05, 4.69) is 28.3 Å². The van der Waals surface area contributed by atoms with E-state index >= 15 is 0 Å². The molecule has 6 heteroatoms. The van der Waals surface area contributed by atoms with Crippen LogP contribution in [0.4, 0.5) is 5.69 Å². The Morgan fingerprint density at radius 3 is 2.88 bits per heavy atom. The number of anilines is 1. The Hall–Kier alpha value is -1.92. The number of thiophene rings is 1. The largest absolute Gasteiger partial charge is 0.325 e. The molecule has 0 radical (unpaired) electrons. The maximum Gasteiger partial charge on any atom is 0.234 e. The van der Waals surface area contributed by atoms with Crippen molar-refractivity contribution in [1.82, 2.24) is 9.97 Å². The molecular weight excluding hydrogens is 362 g/mol. The first-order chi connectivity index (χ1) is 12.5. The summed E-state index contributed by atoms with van der Waals surface area (Å²) in [5, 5.41) is 5.14. The fourth-order valence-electron chi connectivity index (χ4n) is 3.44. The fourth-order valence-corrected chi connectivity index (χ4v) is 5.71. The summed E-state index contributed by atoms with van der Waals surface area (Å²) in [5.41, 5.74) is 4.56. The lowest BCUT2D eigenvalue weighted by Crippen LogP contribution is -2.15. The number of aryl methyl sites for hydroxylation is 5. The summed E-state index contributed by atoms with van der Waals surface area (Å²) in [5.74, 6) is 1.12. The van der Waals surface area contributed by atoms with Crippen molar-refractivity contribution in [1.29, 1.82) is 0 Å². The van der Waals surface area contributed by atoms with Gasteiger partial charge in [-0.05, 0) is 57.2 Å². The summed E-state index contributed by atoms with van der Waals surface area (Å²) < 4.78 is 0. The predicted octanol–water partition coefficient (Wildman–Crippen LogP) is 4.84. The molecule has 0 aliphatic heterocycles. The summed E-state index contributed by atoms with van der Waals surface area (Å²) in [4.78, 5) is 24.2. The van der Waals surface area contributed by atoms with Crippen LogP contribution in [0, 0.1) is 20.8 Å². The minimum Gasteiger partial charge on any atom is -0.325 e. The van der Waals surface area contributed by atoms with E-state index in [0.29, 0.717) is 5.75 Å². The second-order valence-corrected chi connectivity index (χ2v) is 8.82. The van der Waals surface area contributed by atoms with Crippen LogP contribution in [0.3, 0.4) is 0 Å². The van der Waals surface area contributed by atoms with E-state index in [1.54, 1.807) is 11.3 Å². The molecule has 1 aliphatic rings. The topological polar surface area (TPSA) is 54.9 Å². The van der Waals surface area contributed by atoms with Crippen molar-refractivity contribution in [3.05, 3.63) is 45.6 Å². The van der Waals surface area contributed by atoms with Gasteiger partial charge in [0.15, 0.2) is 0 Å². The standard InChI is InChI=1S/C20H21N3OS2/c1-11-7-8-15(12(2)9-11)23-17(24)10-25-19-18-14-5-4-6-16(14)26-20(18)22-13(3)21-19/h7-9H,4-6,10H2,1-3H3,(H,23,24). The Balaban J connectivity index is 1.53. The third kappa shape index (κ3) is 3.35. The molecule has 0 spiro atoms. The Bertz CT molecular complexity index is 1010. The van der Waals surface area contributed by atoms with Crippen LogP contribution in [-0.4, -0.2) is 21.6 Å². The number of rotatable bonds is 4. The van der Waals surface area contributed by atoms with Crippen molar-refractivity contribution >= 4 is 44.9 Å². The summed E-state index contributed by atoms with van der Waals surface area (Å²) in [6, 6.07) is 6.06. The molecule has 0 unspecified atom stereocenters. The molecule has 0 saturated carbocycles. The predicted molar refractivity (Wildman–Crippen MR) is 109 cm³/mol. The average Bonchev–Trinajstić information content (AvgIpc) is 3.15. The minimum atomic E-state index is -0.00163. The molecule has 2 heterocycles. The molecule has 1 N–H and O–H groups in total. The Morgan fingerprint density at radius 1 is 1.23 bits per heavy atom. The van der Waals surface area contributed by atoms with E-state index in [1.807, 2.05) is 26.0 Å². The molecule has 0 bridgehead atoms. The summed E-state index contributed by atoms with van der Waals surface area (Å²) in [7, 11) is 0. The van der Waals surface area contributed by atoms with E-state index in [4.69, 9.17) is 0 Å². The fraction of sp³-hybridized carbons (Fsp3) is 0.350. The maximum atomic E-state index is 12.4. The summed E-state index contributed by atoms with van der Waals surface area (Å²) in [6.45, 7) is 5.99. The van der Waals surface area contributed by atoms with Gasteiger partial charge in [0.2, 0.25) is 5.91 Å². The van der Waals surface area contributed by atoms with E-state index in [1.165, 1.54) is 39.6 Å². The van der Waals surface area contributed by atoms with Crippen molar-refractivity contribution in [3.63, 3.8) is 0 Å². The van der Waals surface area contributed by atoms with Crippen molar-refractivity contribution in [2.45, 2.75) is 45.1 Å². The number of hydrogen-bond donors (Lipinski definition) is 1. The highest BCUT2D eigenvalue weighted by Gasteiger charge is 2.22. The number of fused-ring (bicyclic) bond motifs is 3. The first-order valence-electron chi connectivity index (χ1n) is 8.80. The van der Waals surface area contributed by atoms with Crippen molar-refractivity contribution in [2.75, 3.05) is 11.1 Å². The van der Waals surface area contributed by atoms with Gasteiger partial charge in [0, 0.05) is 16.0 Å². The van der Waals surface area contributed by atoms with Gasteiger partial charge in [-0.2, -0.15) is 0 Å². The molecule has 1 amide bonds. The third-order valence-electron chi connectivity index (χ3n) is 4.64. The SMILES string of the molecule is Cc1ccc(NC(=O)CSc2nc(C)nc3sc4c(c23)CCC4)c(C)c1. The quantitative estimate of drug-likeness (QED) is 0.517. The number of carbonyl (C=O) groups is 1. The molecule has 4 rings (SSSR count). The molecule has 0 atom stereocenters. The van der Waals surface area contributed by atoms with Crippen molar-refractivity contribution in [3.8, 4) is 0 Å². The van der Waals surface area contributed by atoms with Crippen LogP contribution >= 0.6 is 23.1 Å².